The van der Waals surface area contributed by atoms with Crippen molar-refractivity contribution in [3.05, 3.63) is 34.9 Å². The minimum Gasteiger partial charge on any atom is -0.370 e. The molecule has 0 radical (unpaired) electrons. The maximum atomic E-state index is 11.7. The van der Waals surface area contributed by atoms with Crippen molar-refractivity contribution >= 4 is 23.4 Å². The maximum Gasteiger partial charge on any atom is 0.237 e. The second-order valence-corrected chi connectivity index (χ2v) is 4.50. The van der Waals surface area contributed by atoms with Gasteiger partial charge in [0.25, 0.3) is 0 Å². The first-order valence-electron chi connectivity index (χ1n) is 5.50. The molecule has 0 saturated heterocycles. The Balaban J connectivity index is 2.62. The second-order valence-electron chi connectivity index (χ2n) is 4.06. The van der Waals surface area contributed by atoms with Gasteiger partial charge < -0.3 is 16.8 Å². The lowest BCUT2D eigenvalue weighted by atomic mass is 10.1. The van der Waals surface area contributed by atoms with Crippen molar-refractivity contribution in [2.75, 3.05) is 0 Å². The maximum absolute atomic E-state index is 11.7. The van der Waals surface area contributed by atoms with Crippen LogP contribution in [-0.4, -0.2) is 17.9 Å². The highest BCUT2D eigenvalue weighted by atomic mass is 35.5. The molecule has 5 nitrogen and oxygen atoms in total. The molecule has 0 fully saturated rings. The monoisotopic (exact) mass is 269 g/mol. The van der Waals surface area contributed by atoms with Crippen LogP contribution in [0.4, 0.5) is 0 Å². The lowest BCUT2D eigenvalue weighted by Gasteiger charge is -2.17. The Kier molecular flexibility index (Phi) is 5.12. The van der Waals surface area contributed by atoms with Crippen molar-refractivity contribution in [1.29, 1.82) is 0 Å². The van der Waals surface area contributed by atoms with Crippen LogP contribution < -0.4 is 16.8 Å². The van der Waals surface area contributed by atoms with Gasteiger partial charge in [0, 0.05) is 5.02 Å². The quantitative estimate of drug-likeness (QED) is 0.734. The number of primary amides is 1. The van der Waals surface area contributed by atoms with Crippen LogP contribution in [0.3, 0.4) is 0 Å². The van der Waals surface area contributed by atoms with Crippen LogP contribution in [0.15, 0.2) is 24.3 Å². The molecule has 0 spiro atoms. The molecule has 0 heterocycles. The molecule has 2 amide bonds. The molecule has 0 saturated carbocycles. The molecule has 2 atom stereocenters. The summed E-state index contributed by atoms with van der Waals surface area (Å²) in [4.78, 5) is 22.3. The lowest BCUT2D eigenvalue weighted by molar-refractivity contribution is -0.126. The summed E-state index contributed by atoms with van der Waals surface area (Å²) >= 11 is 5.86. The number of carbonyl (C=O) groups is 2. The molecule has 0 bridgehead atoms. The fraction of sp³-hybridized carbons (Fsp3) is 0.333. The van der Waals surface area contributed by atoms with E-state index in [0.717, 1.165) is 5.56 Å². The van der Waals surface area contributed by atoms with Gasteiger partial charge in [0.15, 0.2) is 0 Å². The molecule has 1 aromatic carbocycles. The molecule has 18 heavy (non-hydrogen) atoms. The van der Waals surface area contributed by atoms with E-state index in [2.05, 4.69) is 5.32 Å². The zero-order chi connectivity index (χ0) is 13.7. The molecular formula is C12H16ClN3O2. The van der Waals surface area contributed by atoms with E-state index in [1.54, 1.807) is 25.1 Å². The summed E-state index contributed by atoms with van der Waals surface area (Å²) in [5.41, 5.74) is 11.4. The summed E-state index contributed by atoms with van der Waals surface area (Å²) in [6.07, 6.45) is -0.173. The van der Waals surface area contributed by atoms with Gasteiger partial charge in [0.2, 0.25) is 11.8 Å². The number of amides is 2. The predicted molar refractivity (Wildman–Crippen MR) is 69.8 cm³/mol. The molecule has 6 heteroatoms. The van der Waals surface area contributed by atoms with Crippen molar-refractivity contribution in [3.8, 4) is 0 Å². The number of benzene rings is 1. The van der Waals surface area contributed by atoms with Gasteiger partial charge in [-0.3, -0.25) is 9.59 Å². The molecule has 2 unspecified atom stereocenters. The first-order valence-corrected chi connectivity index (χ1v) is 5.87. The van der Waals surface area contributed by atoms with E-state index in [9.17, 15) is 9.59 Å². The number of nitrogens with two attached hydrogens (primary N) is 2. The average molecular weight is 270 g/mol. The van der Waals surface area contributed by atoms with Gasteiger partial charge in [-0.2, -0.15) is 0 Å². The molecule has 5 N–H and O–H groups in total. The Morgan fingerprint density at radius 1 is 1.44 bits per heavy atom. The number of halogens is 1. The number of hydrogen-bond donors (Lipinski definition) is 3. The van der Waals surface area contributed by atoms with Crippen molar-refractivity contribution in [3.63, 3.8) is 0 Å². The number of carbonyl (C=O) groups excluding carboxylic acids is 2. The van der Waals surface area contributed by atoms with Crippen molar-refractivity contribution in [2.24, 2.45) is 11.5 Å². The van der Waals surface area contributed by atoms with Gasteiger partial charge >= 0.3 is 0 Å². The van der Waals surface area contributed by atoms with E-state index in [-0.39, 0.29) is 12.5 Å². The molecule has 98 valence electrons. The van der Waals surface area contributed by atoms with E-state index in [1.807, 2.05) is 6.07 Å². The number of hydrogen-bond acceptors (Lipinski definition) is 3. The van der Waals surface area contributed by atoms with Crippen LogP contribution in [0.1, 0.15) is 24.9 Å². The Morgan fingerprint density at radius 2 is 2.11 bits per heavy atom. The summed E-state index contributed by atoms with van der Waals surface area (Å²) < 4.78 is 0. The third-order valence-electron chi connectivity index (χ3n) is 2.47. The number of nitrogens with one attached hydrogen (secondary N) is 1. The van der Waals surface area contributed by atoms with Gasteiger partial charge in [0.1, 0.15) is 0 Å². The van der Waals surface area contributed by atoms with Crippen LogP contribution in [0, 0.1) is 0 Å². The largest absolute Gasteiger partial charge is 0.370 e. The molecule has 0 aliphatic carbocycles. The van der Waals surface area contributed by atoms with Gasteiger partial charge in [0.05, 0.1) is 18.5 Å². The minimum absolute atomic E-state index is 0.173. The third kappa shape index (κ3) is 4.35. The van der Waals surface area contributed by atoms with Crippen LogP contribution >= 0.6 is 11.6 Å². The zero-order valence-corrected chi connectivity index (χ0v) is 10.8. The van der Waals surface area contributed by atoms with E-state index >= 15 is 0 Å². The molecular weight excluding hydrogens is 254 g/mol. The zero-order valence-electron chi connectivity index (χ0n) is 10.0. The van der Waals surface area contributed by atoms with E-state index in [4.69, 9.17) is 23.1 Å². The minimum atomic E-state index is -0.927. The molecule has 1 aromatic rings. The summed E-state index contributed by atoms with van der Waals surface area (Å²) in [7, 11) is 0. The smallest absolute Gasteiger partial charge is 0.237 e. The standard InChI is InChI=1S/C12H16ClN3O2/c1-7(8-3-2-4-9(13)5-8)16-12(18)10(14)6-11(15)17/h2-5,7,10H,6,14H2,1H3,(H2,15,17)(H,16,18). The van der Waals surface area contributed by atoms with Crippen molar-refractivity contribution < 1.29 is 9.59 Å². The van der Waals surface area contributed by atoms with Gasteiger partial charge in [-0.15, -0.1) is 0 Å². The highest BCUT2D eigenvalue weighted by molar-refractivity contribution is 6.30. The van der Waals surface area contributed by atoms with Gasteiger partial charge in [-0.25, -0.2) is 0 Å². The average Bonchev–Trinajstić information content (AvgIpc) is 2.27. The Morgan fingerprint density at radius 3 is 2.67 bits per heavy atom. The highest BCUT2D eigenvalue weighted by Gasteiger charge is 2.18. The Hall–Kier alpha value is -1.59. The molecule has 1 rings (SSSR count). The Labute approximate surface area is 110 Å². The molecule has 0 aromatic heterocycles. The summed E-state index contributed by atoms with van der Waals surface area (Å²) in [5, 5.41) is 3.29. The molecule has 0 aliphatic heterocycles. The van der Waals surface area contributed by atoms with Crippen LogP contribution in [0.2, 0.25) is 5.02 Å². The highest BCUT2D eigenvalue weighted by Crippen LogP contribution is 2.17. The first kappa shape index (κ1) is 14.5. The molecule has 0 aliphatic rings. The number of rotatable bonds is 5. The van der Waals surface area contributed by atoms with Crippen molar-refractivity contribution in [1.82, 2.24) is 5.32 Å². The second kappa shape index (κ2) is 6.37. The first-order chi connectivity index (χ1) is 8.40. The van der Waals surface area contributed by atoms with E-state index in [1.165, 1.54) is 0 Å². The summed E-state index contributed by atoms with van der Waals surface area (Å²) in [5.74, 6) is -1.02. The van der Waals surface area contributed by atoms with Crippen LogP contribution in [-0.2, 0) is 9.59 Å². The summed E-state index contributed by atoms with van der Waals surface area (Å²) in [6.45, 7) is 1.81. The van der Waals surface area contributed by atoms with E-state index < -0.39 is 17.9 Å². The normalized spacial score (nSPS) is 13.7. The third-order valence-corrected chi connectivity index (χ3v) is 2.70. The predicted octanol–water partition coefficient (Wildman–Crippen LogP) is 0.720. The van der Waals surface area contributed by atoms with Gasteiger partial charge in [-0.1, -0.05) is 23.7 Å². The van der Waals surface area contributed by atoms with Crippen LogP contribution in [0.25, 0.3) is 0 Å². The van der Waals surface area contributed by atoms with E-state index in [0.29, 0.717) is 5.02 Å². The SMILES string of the molecule is CC(NC(=O)C(N)CC(N)=O)c1cccc(Cl)c1. The lowest BCUT2D eigenvalue weighted by Crippen LogP contribution is -2.43. The Bertz CT molecular complexity index is 451. The van der Waals surface area contributed by atoms with Crippen LogP contribution in [0.5, 0.6) is 0 Å². The fourth-order valence-corrected chi connectivity index (χ4v) is 1.69. The topological polar surface area (TPSA) is 98.2 Å². The summed E-state index contributed by atoms with van der Waals surface area (Å²) in [6, 6.07) is 5.98. The fourth-order valence-electron chi connectivity index (χ4n) is 1.49. The van der Waals surface area contributed by atoms with Gasteiger partial charge in [-0.05, 0) is 24.6 Å². The van der Waals surface area contributed by atoms with Crippen molar-refractivity contribution in [2.45, 2.75) is 25.4 Å².